The number of hydrogen-bond donors (Lipinski definition) is 2. The zero-order valence-corrected chi connectivity index (χ0v) is 19.8. The number of rotatable bonds is 7. The van der Waals surface area contributed by atoms with Crippen molar-refractivity contribution in [1.82, 2.24) is 20.1 Å². The van der Waals surface area contributed by atoms with E-state index in [2.05, 4.69) is 20.8 Å². The number of nitrogens with one attached hydrogen (secondary N) is 2. The van der Waals surface area contributed by atoms with Crippen LogP contribution < -0.4 is 10.6 Å². The maximum atomic E-state index is 13.4. The Morgan fingerprint density at radius 3 is 2.62 bits per heavy atom. The molecule has 2 aromatic carbocycles. The van der Waals surface area contributed by atoms with E-state index >= 15 is 0 Å². The Hall–Kier alpha value is -2.62. The van der Waals surface area contributed by atoms with Crippen molar-refractivity contribution in [2.75, 3.05) is 11.1 Å². The first-order valence-corrected chi connectivity index (χ1v) is 11.2. The smallest absolute Gasteiger partial charge is 0.251 e. The summed E-state index contributed by atoms with van der Waals surface area (Å²) < 4.78 is 15.1. The van der Waals surface area contributed by atoms with Crippen LogP contribution in [0.3, 0.4) is 0 Å². The number of benzene rings is 2. The predicted octanol–water partition coefficient (Wildman–Crippen LogP) is 4.79. The minimum Gasteiger partial charge on any atom is -0.342 e. The molecule has 0 bridgehead atoms. The fourth-order valence-electron chi connectivity index (χ4n) is 2.86. The quantitative estimate of drug-likeness (QED) is 0.460. The number of halogens is 3. The molecule has 1 heterocycles. The SMILES string of the molecule is Cc1ccc(F)cc1NC(=O)CSc1nnc([C@H](C)NC(=O)c2ccc(Cl)c(Cl)c2)n1C. The second kappa shape index (κ2) is 10.3. The normalized spacial score (nSPS) is 11.8. The largest absolute Gasteiger partial charge is 0.342 e. The molecule has 2 amide bonds. The van der Waals surface area contributed by atoms with Crippen LogP contribution in [-0.4, -0.2) is 32.3 Å². The molecule has 3 rings (SSSR count). The lowest BCUT2D eigenvalue weighted by Crippen LogP contribution is -2.28. The van der Waals surface area contributed by atoms with Crippen molar-refractivity contribution in [3.8, 4) is 0 Å². The number of anilines is 1. The van der Waals surface area contributed by atoms with Gasteiger partial charge in [0.15, 0.2) is 11.0 Å². The van der Waals surface area contributed by atoms with Crippen LogP contribution in [0.1, 0.15) is 34.7 Å². The molecule has 3 aromatic rings. The molecule has 32 heavy (non-hydrogen) atoms. The standard InChI is InChI=1S/C21H20Cl2FN5O2S/c1-11-4-6-14(24)9-17(11)26-18(30)10-32-21-28-27-19(29(21)3)12(2)25-20(31)13-5-7-15(22)16(23)8-13/h4-9,12H,10H2,1-3H3,(H,25,31)(H,26,30)/t12-/m0/s1. The van der Waals surface area contributed by atoms with Crippen LogP contribution in [-0.2, 0) is 11.8 Å². The highest BCUT2D eigenvalue weighted by Gasteiger charge is 2.19. The van der Waals surface area contributed by atoms with E-state index < -0.39 is 11.9 Å². The summed E-state index contributed by atoms with van der Waals surface area (Å²) in [4.78, 5) is 24.8. The lowest BCUT2D eigenvalue weighted by atomic mass is 10.2. The molecule has 0 fully saturated rings. The molecular weight excluding hydrogens is 476 g/mol. The highest BCUT2D eigenvalue weighted by molar-refractivity contribution is 7.99. The van der Waals surface area contributed by atoms with Crippen LogP contribution >= 0.6 is 35.0 Å². The van der Waals surface area contributed by atoms with Gasteiger partial charge in [0.05, 0.1) is 21.8 Å². The number of amides is 2. The summed E-state index contributed by atoms with van der Waals surface area (Å²) in [5, 5.41) is 14.9. The van der Waals surface area contributed by atoms with Crippen LogP contribution in [0.2, 0.25) is 10.0 Å². The van der Waals surface area contributed by atoms with Crippen LogP contribution in [0.4, 0.5) is 10.1 Å². The Balaban J connectivity index is 1.60. The Bertz CT molecular complexity index is 1170. The van der Waals surface area contributed by atoms with Gasteiger partial charge in [0.1, 0.15) is 5.82 Å². The molecule has 7 nitrogen and oxygen atoms in total. The first-order valence-electron chi connectivity index (χ1n) is 9.49. The highest BCUT2D eigenvalue weighted by atomic mass is 35.5. The molecule has 0 aliphatic heterocycles. The van der Waals surface area contributed by atoms with Crippen LogP contribution in [0, 0.1) is 12.7 Å². The molecule has 1 atom stereocenters. The van der Waals surface area contributed by atoms with Gasteiger partial charge in [0.25, 0.3) is 5.91 Å². The molecule has 0 radical (unpaired) electrons. The zero-order chi connectivity index (χ0) is 23.4. The zero-order valence-electron chi connectivity index (χ0n) is 17.4. The summed E-state index contributed by atoms with van der Waals surface area (Å²) in [6.07, 6.45) is 0. The van der Waals surface area contributed by atoms with Gasteiger partial charge in [-0.1, -0.05) is 41.0 Å². The molecule has 0 aliphatic rings. The van der Waals surface area contributed by atoms with Gasteiger partial charge in [-0.2, -0.15) is 0 Å². The highest BCUT2D eigenvalue weighted by Crippen LogP contribution is 2.24. The Labute approximate surface area is 198 Å². The second-order valence-electron chi connectivity index (χ2n) is 7.02. The fraction of sp³-hybridized carbons (Fsp3) is 0.238. The van der Waals surface area contributed by atoms with E-state index in [1.807, 2.05) is 0 Å². The summed E-state index contributed by atoms with van der Waals surface area (Å²) in [5.41, 5.74) is 1.55. The predicted molar refractivity (Wildman–Crippen MR) is 124 cm³/mol. The first-order chi connectivity index (χ1) is 15.2. The van der Waals surface area contributed by atoms with Gasteiger partial charge in [0.2, 0.25) is 5.91 Å². The number of nitrogens with zero attached hydrogens (tertiary/aromatic N) is 3. The van der Waals surface area contributed by atoms with Crippen LogP contribution in [0.15, 0.2) is 41.6 Å². The number of thioether (sulfide) groups is 1. The minimum absolute atomic E-state index is 0.0614. The molecule has 11 heteroatoms. The Morgan fingerprint density at radius 2 is 1.91 bits per heavy atom. The van der Waals surface area contributed by atoms with Crippen LogP contribution in [0.25, 0.3) is 0 Å². The van der Waals surface area contributed by atoms with Gasteiger partial charge in [-0.05, 0) is 49.7 Å². The molecule has 0 spiro atoms. The summed E-state index contributed by atoms with van der Waals surface area (Å²) >= 11 is 13.0. The second-order valence-corrected chi connectivity index (χ2v) is 8.78. The van der Waals surface area contributed by atoms with Crippen molar-refractivity contribution in [2.45, 2.75) is 25.0 Å². The van der Waals surface area contributed by atoms with Crippen molar-refractivity contribution in [1.29, 1.82) is 0 Å². The summed E-state index contributed by atoms with van der Waals surface area (Å²) in [6.45, 7) is 3.55. The molecule has 168 valence electrons. The average Bonchev–Trinajstić information content (AvgIpc) is 3.11. The molecule has 0 saturated carbocycles. The van der Waals surface area contributed by atoms with Gasteiger partial charge in [-0.25, -0.2) is 4.39 Å². The van der Waals surface area contributed by atoms with Gasteiger partial charge < -0.3 is 15.2 Å². The van der Waals surface area contributed by atoms with E-state index in [4.69, 9.17) is 23.2 Å². The van der Waals surface area contributed by atoms with Gasteiger partial charge in [0, 0.05) is 18.3 Å². The van der Waals surface area contributed by atoms with E-state index in [0.717, 1.165) is 5.56 Å². The van der Waals surface area contributed by atoms with Crippen LogP contribution in [0.5, 0.6) is 0 Å². The first kappa shape index (κ1) is 24.0. The molecular formula is C21H20Cl2FN5O2S. The maximum Gasteiger partial charge on any atom is 0.251 e. The molecule has 0 saturated heterocycles. The number of aromatic nitrogens is 3. The minimum atomic E-state index is -0.451. The van der Waals surface area contributed by atoms with Crippen molar-refractivity contribution in [2.24, 2.45) is 7.05 Å². The third-order valence-corrected chi connectivity index (χ3v) is 6.35. The van der Waals surface area contributed by atoms with Crippen molar-refractivity contribution < 1.29 is 14.0 Å². The Kier molecular flexibility index (Phi) is 7.76. The molecule has 1 aromatic heterocycles. The lowest BCUT2D eigenvalue weighted by Gasteiger charge is -2.14. The summed E-state index contributed by atoms with van der Waals surface area (Å²) in [6, 6.07) is 8.37. The van der Waals surface area contributed by atoms with Gasteiger partial charge in [-0.3, -0.25) is 9.59 Å². The average molecular weight is 496 g/mol. The maximum absolute atomic E-state index is 13.4. The van der Waals surface area contributed by atoms with E-state index in [0.29, 0.717) is 27.3 Å². The monoisotopic (exact) mass is 495 g/mol. The van der Waals surface area contributed by atoms with Crippen molar-refractivity contribution in [3.63, 3.8) is 0 Å². The van der Waals surface area contributed by atoms with E-state index in [1.54, 1.807) is 43.7 Å². The van der Waals surface area contributed by atoms with E-state index in [-0.39, 0.29) is 22.6 Å². The molecule has 0 aliphatic carbocycles. The molecule has 0 unspecified atom stereocenters. The summed E-state index contributed by atoms with van der Waals surface area (Å²) in [5.74, 6) is -0.477. The Morgan fingerprint density at radius 1 is 1.16 bits per heavy atom. The lowest BCUT2D eigenvalue weighted by molar-refractivity contribution is -0.113. The third kappa shape index (κ3) is 5.79. The van der Waals surface area contributed by atoms with E-state index in [1.165, 1.54) is 30.0 Å². The molecule has 2 N–H and O–H groups in total. The number of hydrogen-bond acceptors (Lipinski definition) is 5. The number of carbonyl (C=O) groups excluding carboxylic acids is 2. The fourth-order valence-corrected chi connectivity index (χ4v) is 3.87. The number of carbonyl (C=O) groups is 2. The summed E-state index contributed by atoms with van der Waals surface area (Å²) in [7, 11) is 1.74. The number of aryl methyl sites for hydroxylation is 1. The van der Waals surface area contributed by atoms with Gasteiger partial charge in [-0.15, -0.1) is 10.2 Å². The van der Waals surface area contributed by atoms with E-state index in [9.17, 15) is 14.0 Å². The third-order valence-electron chi connectivity index (χ3n) is 4.59. The van der Waals surface area contributed by atoms with Gasteiger partial charge >= 0.3 is 0 Å². The van der Waals surface area contributed by atoms with Crippen molar-refractivity contribution >= 4 is 52.5 Å². The topological polar surface area (TPSA) is 88.9 Å². The van der Waals surface area contributed by atoms with Crippen molar-refractivity contribution in [3.05, 3.63) is 69.2 Å².